The molecule has 17 heavy (non-hydrogen) atoms. The van der Waals surface area contributed by atoms with E-state index in [1.807, 2.05) is 6.92 Å². The van der Waals surface area contributed by atoms with Crippen molar-refractivity contribution >= 4 is 33.5 Å². The maximum absolute atomic E-state index is 5.79. The molecule has 0 amide bonds. The van der Waals surface area contributed by atoms with E-state index in [2.05, 4.69) is 25.9 Å². The lowest BCUT2D eigenvalue weighted by molar-refractivity contribution is 0.458. The van der Waals surface area contributed by atoms with Gasteiger partial charge < -0.3 is 10.5 Å². The number of nitrogen functional groups attached to an aromatic ring is 1. The summed E-state index contributed by atoms with van der Waals surface area (Å²) < 4.78 is 6.27. The van der Waals surface area contributed by atoms with E-state index in [1.54, 1.807) is 24.3 Å². The number of hydrogen-bond donors (Lipinski definition) is 1. The second-order valence-electron chi connectivity index (χ2n) is 3.34. The lowest BCUT2D eigenvalue weighted by Crippen LogP contribution is -2.00. The number of nitrogens with zero attached hydrogens (tertiary/aromatic N) is 2. The van der Waals surface area contributed by atoms with E-state index in [9.17, 15) is 0 Å². The van der Waals surface area contributed by atoms with Gasteiger partial charge in [-0.2, -0.15) is 4.98 Å². The SMILES string of the molecule is Cc1nc(N)nc(Oc2ccc(Cl)cc2)c1Br. The van der Waals surface area contributed by atoms with Crippen LogP contribution in [0.4, 0.5) is 5.95 Å². The first-order valence-corrected chi connectivity index (χ1v) is 5.96. The highest BCUT2D eigenvalue weighted by molar-refractivity contribution is 9.10. The number of aromatic nitrogens is 2. The Morgan fingerprint density at radius 1 is 1.24 bits per heavy atom. The van der Waals surface area contributed by atoms with E-state index in [-0.39, 0.29) is 5.95 Å². The molecule has 1 aromatic heterocycles. The van der Waals surface area contributed by atoms with E-state index in [0.717, 1.165) is 5.69 Å². The van der Waals surface area contributed by atoms with Crippen molar-refractivity contribution in [2.45, 2.75) is 6.92 Å². The van der Waals surface area contributed by atoms with Crippen LogP contribution in [0.3, 0.4) is 0 Å². The molecule has 0 saturated heterocycles. The number of halogens is 2. The van der Waals surface area contributed by atoms with Crippen LogP contribution in [0, 0.1) is 6.92 Å². The van der Waals surface area contributed by atoms with Gasteiger partial charge in [-0.3, -0.25) is 0 Å². The Kier molecular flexibility index (Phi) is 3.49. The zero-order valence-electron chi connectivity index (χ0n) is 8.95. The molecule has 4 nitrogen and oxygen atoms in total. The zero-order valence-corrected chi connectivity index (χ0v) is 11.3. The van der Waals surface area contributed by atoms with Crippen LogP contribution in [0.15, 0.2) is 28.7 Å². The smallest absolute Gasteiger partial charge is 0.238 e. The minimum absolute atomic E-state index is 0.176. The van der Waals surface area contributed by atoms with E-state index in [4.69, 9.17) is 22.1 Å². The topological polar surface area (TPSA) is 61.0 Å². The average Bonchev–Trinajstić information content (AvgIpc) is 2.28. The summed E-state index contributed by atoms with van der Waals surface area (Å²) in [5, 5.41) is 0.648. The lowest BCUT2D eigenvalue weighted by atomic mass is 10.3. The van der Waals surface area contributed by atoms with E-state index in [0.29, 0.717) is 21.1 Å². The molecule has 2 aromatic rings. The Bertz CT molecular complexity index is 545. The predicted octanol–water partition coefficient (Wildman–Crippen LogP) is 3.58. The van der Waals surface area contributed by atoms with Crippen LogP contribution in [0.2, 0.25) is 5.02 Å². The Morgan fingerprint density at radius 2 is 1.88 bits per heavy atom. The van der Waals surface area contributed by atoms with Gasteiger partial charge in [-0.05, 0) is 47.1 Å². The van der Waals surface area contributed by atoms with Crippen molar-refractivity contribution in [2.24, 2.45) is 0 Å². The molecule has 0 radical (unpaired) electrons. The third-order valence-electron chi connectivity index (χ3n) is 2.03. The summed E-state index contributed by atoms with van der Waals surface area (Å²) in [6.07, 6.45) is 0. The zero-order chi connectivity index (χ0) is 12.4. The van der Waals surface area contributed by atoms with Crippen LogP contribution in [0.5, 0.6) is 11.6 Å². The van der Waals surface area contributed by atoms with Gasteiger partial charge >= 0.3 is 0 Å². The molecule has 2 rings (SSSR count). The number of nitrogens with two attached hydrogens (primary N) is 1. The van der Waals surface area contributed by atoms with Crippen molar-refractivity contribution < 1.29 is 4.74 Å². The van der Waals surface area contributed by atoms with Gasteiger partial charge in [0.25, 0.3) is 0 Å². The van der Waals surface area contributed by atoms with Crippen molar-refractivity contribution in [2.75, 3.05) is 5.73 Å². The molecule has 0 unspecified atom stereocenters. The maximum Gasteiger partial charge on any atom is 0.238 e. The van der Waals surface area contributed by atoms with Crippen molar-refractivity contribution in [1.29, 1.82) is 0 Å². The highest BCUT2D eigenvalue weighted by Gasteiger charge is 2.10. The maximum atomic E-state index is 5.79. The van der Waals surface area contributed by atoms with E-state index < -0.39 is 0 Å². The summed E-state index contributed by atoms with van der Waals surface area (Å²) in [6.45, 7) is 1.82. The van der Waals surface area contributed by atoms with Crippen LogP contribution < -0.4 is 10.5 Å². The molecule has 0 spiro atoms. The molecule has 2 N–H and O–H groups in total. The minimum atomic E-state index is 0.176. The van der Waals surface area contributed by atoms with Crippen molar-refractivity contribution in [3.63, 3.8) is 0 Å². The fourth-order valence-corrected chi connectivity index (χ4v) is 1.62. The second kappa shape index (κ2) is 4.89. The monoisotopic (exact) mass is 313 g/mol. The van der Waals surface area contributed by atoms with Gasteiger partial charge in [0.2, 0.25) is 11.8 Å². The predicted molar refractivity (Wildman–Crippen MR) is 70.4 cm³/mol. The van der Waals surface area contributed by atoms with Crippen LogP contribution in [-0.4, -0.2) is 9.97 Å². The molecule has 0 atom stereocenters. The van der Waals surface area contributed by atoms with Gasteiger partial charge in [0.05, 0.1) is 5.69 Å². The highest BCUT2D eigenvalue weighted by atomic mass is 79.9. The Labute approximate surface area is 112 Å². The Balaban J connectivity index is 2.32. The fraction of sp³-hybridized carbons (Fsp3) is 0.0909. The summed E-state index contributed by atoms with van der Waals surface area (Å²) in [6, 6.07) is 6.98. The van der Waals surface area contributed by atoms with Gasteiger partial charge in [0.1, 0.15) is 10.2 Å². The molecule has 0 bridgehead atoms. The van der Waals surface area contributed by atoms with Gasteiger partial charge in [-0.1, -0.05) is 11.6 Å². The largest absolute Gasteiger partial charge is 0.438 e. The number of rotatable bonds is 2. The fourth-order valence-electron chi connectivity index (χ4n) is 1.24. The molecule has 1 heterocycles. The minimum Gasteiger partial charge on any atom is -0.438 e. The van der Waals surface area contributed by atoms with Gasteiger partial charge in [-0.25, -0.2) is 4.98 Å². The van der Waals surface area contributed by atoms with Crippen molar-refractivity contribution in [3.05, 3.63) is 39.5 Å². The molecular weight excluding hydrogens is 305 g/mol. The van der Waals surface area contributed by atoms with Gasteiger partial charge in [0, 0.05) is 5.02 Å². The number of aryl methyl sites for hydroxylation is 1. The highest BCUT2D eigenvalue weighted by Crippen LogP contribution is 2.30. The molecule has 88 valence electrons. The van der Waals surface area contributed by atoms with E-state index in [1.165, 1.54) is 0 Å². The summed E-state index contributed by atoms with van der Waals surface area (Å²) in [7, 11) is 0. The Hall–Kier alpha value is -1.33. The molecule has 0 saturated carbocycles. The quantitative estimate of drug-likeness (QED) is 0.920. The molecule has 0 aliphatic heterocycles. The number of ether oxygens (including phenoxy) is 1. The first-order chi connectivity index (χ1) is 8.06. The summed E-state index contributed by atoms with van der Waals surface area (Å²) in [4.78, 5) is 8.02. The molecule has 6 heteroatoms. The number of anilines is 1. The van der Waals surface area contributed by atoms with Crippen molar-refractivity contribution in [1.82, 2.24) is 9.97 Å². The van der Waals surface area contributed by atoms with Crippen molar-refractivity contribution in [3.8, 4) is 11.6 Å². The Morgan fingerprint density at radius 3 is 2.53 bits per heavy atom. The first kappa shape index (κ1) is 12.1. The summed E-state index contributed by atoms with van der Waals surface area (Å²) in [5.41, 5.74) is 6.29. The van der Waals surface area contributed by atoms with Gasteiger partial charge in [-0.15, -0.1) is 0 Å². The summed E-state index contributed by atoms with van der Waals surface area (Å²) >= 11 is 9.14. The molecule has 1 aromatic carbocycles. The second-order valence-corrected chi connectivity index (χ2v) is 4.57. The normalized spacial score (nSPS) is 10.3. The van der Waals surface area contributed by atoms with Crippen LogP contribution in [0.1, 0.15) is 5.69 Å². The molecule has 0 fully saturated rings. The van der Waals surface area contributed by atoms with Crippen LogP contribution >= 0.6 is 27.5 Å². The lowest BCUT2D eigenvalue weighted by Gasteiger charge is -2.08. The summed E-state index contributed by atoms with van der Waals surface area (Å²) in [5.74, 6) is 1.19. The number of hydrogen-bond acceptors (Lipinski definition) is 4. The molecule has 0 aliphatic carbocycles. The standard InChI is InChI=1S/C11H9BrClN3O/c1-6-9(12)10(16-11(14)15-6)17-8-4-2-7(13)3-5-8/h2-5H,1H3,(H2,14,15,16). The number of benzene rings is 1. The van der Waals surface area contributed by atoms with E-state index >= 15 is 0 Å². The first-order valence-electron chi connectivity index (χ1n) is 4.79. The van der Waals surface area contributed by atoms with Crippen LogP contribution in [-0.2, 0) is 0 Å². The van der Waals surface area contributed by atoms with Gasteiger partial charge in [0.15, 0.2) is 0 Å². The molecular formula is C11H9BrClN3O. The molecule has 0 aliphatic rings. The third-order valence-corrected chi connectivity index (χ3v) is 3.20. The average molecular weight is 315 g/mol. The van der Waals surface area contributed by atoms with Crippen LogP contribution in [0.25, 0.3) is 0 Å². The third kappa shape index (κ3) is 2.87.